The number of anilines is 1. The Morgan fingerprint density at radius 1 is 1.43 bits per heavy atom. The van der Waals surface area contributed by atoms with Crippen LogP contribution < -0.4 is 5.32 Å². The molecule has 0 saturated heterocycles. The fraction of sp³-hybridized carbons (Fsp3) is 0.333. The number of hydrogen-bond donors (Lipinski definition) is 2. The number of halogens is 1. The molecule has 0 bridgehead atoms. The number of carbonyl (C=O) groups is 2. The largest absolute Gasteiger partial charge is 0.478 e. The van der Waals surface area contributed by atoms with Crippen LogP contribution >= 0.6 is 11.6 Å². The minimum Gasteiger partial charge on any atom is -0.478 e. The van der Waals surface area contributed by atoms with E-state index in [0.29, 0.717) is 12.2 Å². The molecule has 1 rings (SSSR count). The molecule has 21 heavy (non-hydrogen) atoms. The molecule has 0 aromatic heterocycles. The van der Waals surface area contributed by atoms with Gasteiger partial charge in [0.25, 0.3) is 0 Å². The van der Waals surface area contributed by atoms with Gasteiger partial charge in [0.05, 0.1) is 10.6 Å². The van der Waals surface area contributed by atoms with Crippen LogP contribution in [0.2, 0.25) is 5.02 Å². The number of urea groups is 1. The summed E-state index contributed by atoms with van der Waals surface area (Å²) in [6.45, 7) is 9.73. The summed E-state index contributed by atoms with van der Waals surface area (Å²) < 4.78 is 0. The molecule has 2 amide bonds. The fourth-order valence-corrected chi connectivity index (χ4v) is 1.95. The van der Waals surface area contributed by atoms with Crippen molar-refractivity contribution in [1.82, 2.24) is 4.90 Å². The van der Waals surface area contributed by atoms with Gasteiger partial charge in [0.15, 0.2) is 0 Å². The van der Waals surface area contributed by atoms with E-state index in [4.69, 9.17) is 16.7 Å². The molecule has 2 N–H and O–H groups in total. The van der Waals surface area contributed by atoms with Crippen LogP contribution in [-0.4, -0.2) is 34.1 Å². The first kappa shape index (κ1) is 17.0. The van der Waals surface area contributed by atoms with Crippen LogP contribution in [0.25, 0.3) is 0 Å². The van der Waals surface area contributed by atoms with E-state index in [-0.39, 0.29) is 22.2 Å². The number of carboxylic acid groups (broad SMARTS) is 1. The Balaban J connectivity index is 2.99. The zero-order valence-corrected chi connectivity index (χ0v) is 13.1. The van der Waals surface area contributed by atoms with Gasteiger partial charge in [0.2, 0.25) is 0 Å². The number of aromatic carboxylic acids is 1. The Bertz CT molecular complexity index is 565. The van der Waals surface area contributed by atoms with Gasteiger partial charge in [0.1, 0.15) is 0 Å². The predicted octanol–water partition coefficient (Wildman–Crippen LogP) is 3.86. The number of hydrogen-bond acceptors (Lipinski definition) is 2. The first-order valence-electron chi connectivity index (χ1n) is 6.39. The molecule has 0 aliphatic heterocycles. The van der Waals surface area contributed by atoms with Gasteiger partial charge < -0.3 is 15.3 Å². The van der Waals surface area contributed by atoms with E-state index in [9.17, 15) is 9.59 Å². The smallest absolute Gasteiger partial charge is 0.337 e. The third-order valence-corrected chi connectivity index (χ3v) is 3.14. The van der Waals surface area contributed by atoms with Crippen LogP contribution in [0, 0.1) is 0 Å². The summed E-state index contributed by atoms with van der Waals surface area (Å²) in [5.41, 5.74) is -0.0686. The van der Waals surface area contributed by atoms with Gasteiger partial charge in [-0.1, -0.05) is 17.7 Å². The van der Waals surface area contributed by atoms with Gasteiger partial charge in [-0.3, -0.25) is 0 Å². The first-order chi connectivity index (χ1) is 9.66. The van der Waals surface area contributed by atoms with Crippen molar-refractivity contribution in [2.45, 2.75) is 26.3 Å². The molecule has 0 heterocycles. The number of rotatable bonds is 4. The average Bonchev–Trinajstić information content (AvgIpc) is 2.36. The Kier molecular flexibility index (Phi) is 5.38. The second-order valence-electron chi connectivity index (χ2n) is 5.50. The van der Waals surface area contributed by atoms with Gasteiger partial charge in [0, 0.05) is 17.8 Å². The van der Waals surface area contributed by atoms with Gasteiger partial charge in [-0.2, -0.15) is 0 Å². The molecule has 0 spiro atoms. The number of carbonyl (C=O) groups excluding carboxylic acids is 1. The average molecular weight is 311 g/mol. The molecule has 0 radical (unpaired) electrons. The Hall–Kier alpha value is -2.01. The molecule has 0 atom stereocenters. The van der Waals surface area contributed by atoms with E-state index >= 15 is 0 Å². The van der Waals surface area contributed by atoms with E-state index in [1.54, 1.807) is 17.0 Å². The Morgan fingerprint density at radius 2 is 2.05 bits per heavy atom. The molecule has 0 unspecified atom stereocenters. The van der Waals surface area contributed by atoms with Crippen LogP contribution in [0.3, 0.4) is 0 Å². The monoisotopic (exact) mass is 310 g/mol. The van der Waals surface area contributed by atoms with Crippen LogP contribution in [0.5, 0.6) is 0 Å². The Morgan fingerprint density at radius 3 is 2.52 bits per heavy atom. The molecule has 6 heteroatoms. The maximum absolute atomic E-state index is 12.3. The summed E-state index contributed by atoms with van der Waals surface area (Å²) in [4.78, 5) is 24.9. The van der Waals surface area contributed by atoms with Gasteiger partial charge in [-0.05, 0) is 39.0 Å². The molecule has 0 saturated carbocycles. The maximum Gasteiger partial charge on any atom is 0.337 e. The minimum atomic E-state index is -1.14. The highest BCUT2D eigenvalue weighted by Gasteiger charge is 2.25. The van der Waals surface area contributed by atoms with Crippen molar-refractivity contribution < 1.29 is 14.7 Å². The molecule has 114 valence electrons. The molecule has 5 nitrogen and oxygen atoms in total. The predicted molar refractivity (Wildman–Crippen MR) is 84.1 cm³/mol. The van der Waals surface area contributed by atoms with Crippen molar-refractivity contribution in [3.05, 3.63) is 41.4 Å². The fourth-order valence-electron chi connectivity index (χ4n) is 1.75. The molecule has 1 aromatic carbocycles. The maximum atomic E-state index is 12.3. The van der Waals surface area contributed by atoms with E-state index in [0.717, 1.165) is 0 Å². The molecular weight excluding hydrogens is 292 g/mol. The lowest BCUT2D eigenvalue weighted by atomic mass is 10.1. The summed E-state index contributed by atoms with van der Waals surface area (Å²) in [6, 6.07) is 4.00. The van der Waals surface area contributed by atoms with Crippen LogP contribution in [0.4, 0.5) is 10.5 Å². The van der Waals surface area contributed by atoms with Gasteiger partial charge >= 0.3 is 12.0 Å². The van der Waals surface area contributed by atoms with Crippen LogP contribution in [0.15, 0.2) is 30.9 Å². The zero-order valence-electron chi connectivity index (χ0n) is 12.3. The summed E-state index contributed by atoms with van der Waals surface area (Å²) in [6.07, 6.45) is 1.63. The highest BCUT2D eigenvalue weighted by molar-refractivity contribution is 6.33. The summed E-state index contributed by atoms with van der Waals surface area (Å²) >= 11 is 5.80. The third kappa shape index (κ3) is 4.49. The number of carboxylic acids is 1. The van der Waals surface area contributed by atoms with Gasteiger partial charge in [-0.25, -0.2) is 9.59 Å². The minimum absolute atomic E-state index is 0.0551. The van der Waals surface area contributed by atoms with Crippen molar-refractivity contribution in [3.63, 3.8) is 0 Å². The number of benzene rings is 1. The van der Waals surface area contributed by atoms with Crippen LogP contribution in [0.1, 0.15) is 31.1 Å². The lowest BCUT2D eigenvalue weighted by Gasteiger charge is -2.34. The number of amides is 2. The van der Waals surface area contributed by atoms with E-state index in [1.165, 1.54) is 12.1 Å². The second kappa shape index (κ2) is 6.63. The van der Waals surface area contributed by atoms with Gasteiger partial charge in [-0.15, -0.1) is 6.58 Å². The molecular formula is C15H19ClN2O3. The lowest BCUT2D eigenvalue weighted by Crippen LogP contribution is -2.47. The van der Waals surface area contributed by atoms with Crippen molar-refractivity contribution >= 4 is 29.3 Å². The SMILES string of the molecule is C=CCN(C(=O)Nc1ccc(Cl)c(C(=O)O)c1)C(C)(C)C. The summed E-state index contributed by atoms with van der Waals surface area (Å²) in [5, 5.41) is 11.8. The second-order valence-corrected chi connectivity index (χ2v) is 5.91. The number of nitrogens with zero attached hydrogens (tertiary/aromatic N) is 1. The van der Waals surface area contributed by atoms with Crippen molar-refractivity contribution in [1.29, 1.82) is 0 Å². The third-order valence-electron chi connectivity index (χ3n) is 2.81. The van der Waals surface area contributed by atoms with E-state index in [1.807, 2.05) is 20.8 Å². The summed E-state index contributed by atoms with van der Waals surface area (Å²) in [7, 11) is 0. The standard InChI is InChI=1S/C15H19ClN2O3/c1-5-8-18(15(2,3)4)14(21)17-10-6-7-12(16)11(9-10)13(19)20/h5-7,9H,1,8H2,2-4H3,(H,17,21)(H,19,20). The summed E-state index contributed by atoms with van der Waals surface area (Å²) in [5.74, 6) is -1.14. The van der Waals surface area contributed by atoms with Crippen molar-refractivity contribution in [3.8, 4) is 0 Å². The highest BCUT2D eigenvalue weighted by atomic mass is 35.5. The molecule has 0 aliphatic rings. The number of nitrogens with one attached hydrogen (secondary N) is 1. The highest BCUT2D eigenvalue weighted by Crippen LogP contribution is 2.22. The zero-order chi connectivity index (χ0) is 16.2. The lowest BCUT2D eigenvalue weighted by molar-refractivity contribution is 0.0697. The quantitative estimate of drug-likeness (QED) is 0.830. The van der Waals surface area contributed by atoms with Crippen molar-refractivity contribution in [2.24, 2.45) is 0 Å². The van der Waals surface area contributed by atoms with Crippen molar-refractivity contribution in [2.75, 3.05) is 11.9 Å². The topological polar surface area (TPSA) is 69.6 Å². The molecule has 1 aromatic rings. The molecule has 0 fully saturated rings. The normalized spacial score (nSPS) is 10.9. The first-order valence-corrected chi connectivity index (χ1v) is 6.77. The molecule has 0 aliphatic carbocycles. The van der Waals surface area contributed by atoms with E-state index < -0.39 is 5.97 Å². The van der Waals surface area contributed by atoms with E-state index in [2.05, 4.69) is 11.9 Å². The Labute approximate surface area is 129 Å². The van der Waals surface area contributed by atoms with Crippen LogP contribution in [-0.2, 0) is 0 Å².